The van der Waals surface area contributed by atoms with Gasteiger partial charge in [0.15, 0.2) is 18.2 Å². The van der Waals surface area contributed by atoms with Gasteiger partial charge in [-0.25, -0.2) is 0 Å². The molecule has 0 aromatic heterocycles. The maximum absolute atomic E-state index is 13.1. The topological polar surface area (TPSA) is 84.5 Å². The third-order valence-corrected chi connectivity index (χ3v) is 6.73. The highest BCUT2D eigenvalue weighted by Gasteiger charge is 2.41. The summed E-state index contributed by atoms with van der Waals surface area (Å²) in [6.07, 6.45) is 3.99. The van der Waals surface area contributed by atoms with E-state index in [1.807, 2.05) is 18.2 Å². The van der Waals surface area contributed by atoms with E-state index in [2.05, 4.69) is 10.6 Å². The first kappa shape index (κ1) is 22.4. The Kier molecular flexibility index (Phi) is 6.24. The molecule has 7 heteroatoms. The van der Waals surface area contributed by atoms with E-state index < -0.39 is 5.92 Å². The van der Waals surface area contributed by atoms with Crippen LogP contribution in [0.1, 0.15) is 50.0 Å². The Morgan fingerprint density at radius 1 is 0.941 bits per heavy atom. The predicted molar refractivity (Wildman–Crippen MR) is 130 cm³/mol. The van der Waals surface area contributed by atoms with Crippen molar-refractivity contribution in [2.24, 2.45) is 0 Å². The van der Waals surface area contributed by atoms with Crippen LogP contribution in [0.4, 0.5) is 5.69 Å². The van der Waals surface area contributed by atoms with E-state index in [1.54, 1.807) is 30.3 Å². The van der Waals surface area contributed by atoms with Crippen molar-refractivity contribution in [3.63, 3.8) is 0 Å². The predicted octanol–water partition coefficient (Wildman–Crippen LogP) is 5.06. The molecular formula is C27H25ClN2O4. The second-order valence-corrected chi connectivity index (χ2v) is 9.22. The standard InChI is InChI=1S/C27H25ClN2O4/c28-16-12-13-23(34-15-24(33)29-17-6-2-1-3-7-17)18(14-16)25-26-19(8-4-10-21(26)31)30-20-9-5-11-22(32)27(20)25/h1-3,6-7,12-14,25,30H,4-5,8-11,15H2,(H,29,33). The van der Waals surface area contributed by atoms with Crippen molar-refractivity contribution in [1.82, 2.24) is 5.32 Å². The molecule has 0 unspecified atom stereocenters. The summed E-state index contributed by atoms with van der Waals surface area (Å²) in [6, 6.07) is 14.3. The monoisotopic (exact) mass is 476 g/mol. The first-order valence-corrected chi connectivity index (χ1v) is 12.0. The lowest BCUT2D eigenvalue weighted by atomic mass is 9.71. The number of amides is 1. The Balaban J connectivity index is 1.50. The number of halogens is 1. The van der Waals surface area contributed by atoms with Gasteiger partial charge in [0.1, 0.15) is 5.75 Å². The zero-order valence-electron chi connectivity index (χ0n) is 18.7. The molecule has 2 aromatic carbocycles. The maximum Gasteiger partial charge on any atom is 0.262 e. The second kappa shape index (κ2) is 9.47. The number of ketones is 2. The highest BCUT2D eigenvalue weighted by molar-refractivity contribution is 6.30. The molecular weight excluding hydrogens is 452 g/mol. The third-order valence-electron chi connectivity index (χ3n) is 6.49. The molecule has 1 amide bonds. The summed E-state index contributed by atoms with van der Waals surface area (Å²) in [5, 5.41) is 6.69. The van der Waals surface area contributed by atoms with E-state index in [4.69, 9.17) is 16.3 Å². The van der Waals surface area contributed by atoms with Crippen LogP contribution in [0.2, 0.25) is 5.02 Å². The van der Waals surface area contributed by atoms with Gasteiger partial charge in [-0.2, -0.15) is 0 Å². The van der Waals surface area contributed by atoms with Gasteiger partial charge in [0, 0.05) is 57.6 Å². The summed E-state index contributed by atoms with van der Waals surface area (Å²) in [5.74, 6) is -0.333. The highest BCUT2D eigenvalue weighted by Crippen LogP contribution is 2.48. The van der Waals surface area contributed by atoms with Gasteiger partial charge in [0.25, 0.3) is 5.91 Å². The van der Waals surface area contributed by atoms with Gasteiger partial charge in [-0.15, -0.1) is 0 Å². The first-order valence-electron chi connectivity index (χ1n) is 11.6. The minimum absolute atomic E-state index is 0.0384. The molecule has 2 aliphatic carbocycles. The number of carbonyl (C=O) groups excluding carboxylic acids is 3. The van der Waals surface area contributed by atoms with Crippen molar-refractivity contribution < 1.29 is 19.1 Å². The maximum atomic E-state index is 13.1. The van der Waals surface area contributed by atoms with Gasteiger partial charge >= 0.3 is 0 Å². The summed E-state index contributed by atoms with van der Waals surface area (Å²) in [5.41, 5.74) is 4.36. The molecule has 0 radical (unpaired) electrons. The lowest BCUT2D eigenvalue weighted by molar-refractivity contribution is -0.119. The first-order chi connectivity index (χ1) is 16.5. The van der Waals surface area contributed by atoms with Crippen LogP contribution < -0.4 is 15.4 Å². The van der Waals surface area contributed by atoms with E-state index in [0.717, 1.165) is 37.1 Å². The molecule has 2 N–H and O–H groups in total. The molecule has 1 heterocycles. The SMILES string of the molecule is O=C(COc1ccc(Cl)cc1C1C2=C(CCCC2=O)NC2=C1C(=O)CCC2)Nc1ccccc1. The molecule has 0 saturated carbocycles. The second-order valence-electron chi connectivity index (χ2n) is 8.78. The van der Waals surface area contributed by atoms with Crippen LogP contribution in [0, 0.1) is 0 Å². The number of benzene rings is 2. The van der Waals surface area contributed by atoms with Crippen LogP contribution in [0.15, 0.2) is 71.1 Å². The average molecular weight is 477 g/mol. The smallest absolute Gasteiger partial charge is 0.262 e. The molecule has 0 spiro atoms. The highest BCUT2D eigenvalue weighted by atomic mass is 35.5. The number of anilines is 1. The van der Waals surface area contributed by atoms with Crippen LogP contribution in [-0.2, 0) is 14.4 Å². The van der Waals surface area contributed by atoms with Crippen molar-refractivity contribution >= 4 is 34.8 Å². The Bertz CT molecular complexity index is 1190. The summed E-state index contributed by atoms with van der Waals surface area (Å²) >= 11 is 6.38. The van der Waals surface area contributed by atoms with Crippen molar-refractivity contribution in [2.45, 2.75) is 44.4 Å². The molecule has 0 atom stereocenters. The molecule has 0 fully saturated rings. The number of ether oxygens (including phenoxy) is 1. The van der Waals surface area contributed by atoms with Gasteiger partial charge < -0.3 is 15.4 Å². The quantitative estimate of drug-likeness (QED) is 0.630. The van der Waals surface area contributed by atoms with Gasteiger partial charge in [-0.05, 0) is 56.0 Å². The number of para-hydroxylation sites is 1. The van der Waals surface area contributed by atoms with Gasteiger partial charge in [0.05, 0.1) is 0 Å². The summed E-state index contributed by atoms with van der Waals surface area (Å²) in [6.45, 7) is -0.214. The zero-order chi connectivity index (χ0) is 23.7. The van der Waals surface area contributed by atoms with E-state index in [1.165, 1.54) is 0 Å². The number of nitrogens with one attached hydrogen (secondary N) is 2. The van der Waals surface area contributed by atoms with E-state index in [-0.39, 0.29) is 24.1 Å². The fraction of sp³-hybridized carbons (Fsp3) is 0.296. The number of Topliss-reactive ketones (excluding diaryl/α,β-unsaturated/α-hetero) is 2. The lowest BCUT2D eigenvalue weighted by Gasteiger charge is -2.37. The fourth-order valence-corrected chi connectivity index (χ4v) is 5.21. The van der Waals surface area contributed by atoms with Gasteiger partial charge in [0.2, 0.25) is 0 Å². The molecule has 0 bridgehead atoms. The molecule has 5 rings (SSSR count). The minimum Gasteiger partial charge on any atom is -0.483 e. The minimum atomic E-state index is -0.544. The van der Waals surface area contributed by atoms with Crippen molar-refractivity contribution in [1.29, 1.82) is 0 Å². The average Bonchev–Trinajstić information content (AvgIpc) is 2.83. The summed E-state index contributed by atoms with van der Waals surface area (Å²) < 4.78 is 5.95. The zero-order valence-corrected chi connectivity index (χ0v) is 19.4. The molecule has 174 valence electrons. The number of hydrogen-bond donors (Lipinski definition) is 2. The van der Waals surface area contributed by atoms with Crippen LogP contribution in [-0.4, -0.2) is 24.1 Å². The Hall–Kier alpha value is -3.38. The molecule has 0 saturated heterocycles. The van der Waals surface area contributed by atoms with Crippen LogP contribution in [0.3, 0.4) is 0 Å². The van der Waals surface area contributed by atoms with Crippen molar-refractivity contribution in [2.75, 3.05) is 11.9 Å². The van der Waals surface area contributed by atoms with Gasteiger partial charge in [-0.1, -0.05) is 29.8 Å². The fourth-order valence-electron chi connectivity index (χ4n) is 5.03. The molecule has 1 aliphatic heterocycles. The lowest BCUT2D eigenvalue weighted by Crippen LogP contribution is -2.36. The molecule has 2 aromatic rings. The number of hydrogen-bond acceptors (Lipinski definition) is 5. The summed E-state index contributed by atoms with van der Waals surface area (Å²) in [4.78, 5) is 38.7. The Labute approximate surface area is 203 Å². The third kappa shape index (κ3) is 4.38. The molecule has 6 nitrogen and oxygen atoms in total. The van der Waals surface area contributed by atoms with E-state index in [0.29, 0.717) is 46.0 Å². The Morgan fingerprint density at radius 2 is 1.59 bits per heavy atom. The summed E-state index contributed by atoms with van der Waals surface area (Å²) in [7, 11) is 0. The van der Waals surface area contributed by atoms with Crippen LogP contribution in [0.5, 0.6) is 5.75 Å². The van der Waals surface area contributed by atoms with E-state index in [9.17, 15) is 14.4 Å². The normalized spacial score (nSPS) is 18.3. The number of carbonyl (C=O) groups is 3. The number of rotatable bonds is 5. The van der Waals surface area contributed by atoms with Gasteiger partial charge in [-0.3, -0.25) is 14.4 Å². The van der Waals surface area contributed by atoms with Crippen molar-refractivity contribution in [3.8, 4) is 5.75 Å². The number of dihydropyridines is 1. The molecule has 3 aliphatic rings. The van der Waals surface area contributed by atoms with Crippen LogP contribution in [0.25, 0.3) is 0 Å². The Morgan fingerprint density at radius 3 is 2.24 bits per heavy atom. The van der Waals surface area contributed by atoms with E-state index >= 15 is 0 Å². The van der Waals surface area contributed by atoms with Crippen LogP contribution >= 0.6 is 11.6 Å². The largest absolute Gasteiger partial charge is 0.483 e. The molecule has 34 heavy (non-hydrogen) atoms. The van der Waals surface area contributed by atoms with Crippen molar-refractivity contribution in [3.05, 3.63) is 81.7 Å². The number of allylic oxidation sites excluding steroid dienone is 4.